The van der Waals surface area contributed by atoms with E-state index in [1.165, 1.54) is 25.7 Å². The van der Waals surface area contributed by atoms with Gasteiger partial charge >= 0.3 is 5.97 Å². The first-order valence-corrected chi connectivity index (χ1v) is 5.84. The molecule has 1 unspecified atom stereocenters. The lowest BCUT2D eigenvalue weighted by atomic mass is 10.1. The quantitative estimate of drug-likeness (QED) is 0.388. The number of hydrogen-bond donors (Lipinski definition) is 3. The summed E-state index contributed by atoms with van der Waals surface area (Å²) in [6.45, 7) is 2.18. The molecule has 0 rings (SSSR count). The molecule has 0 aliphatic heterocycles. The van der Waals surface area contributed by atoms with Crippen molar-refractivity contribution >= 4 is 5.97 Å². The first kappa shape index (κ1) is 14.4. The Morgan fingerprint density at radius 2 is 1.67 bits per heavy atom. The molecule has 0 aliphatic carbocycles. The Morgan fingerprint density at radius 3 is 2.13 bits per heavy atom. The lowest BCUT2D eigenvalue weighted by Gasteiger charge is -2.09. The molecule has 0 bridgehead atoms. The molecule has 0 aliphatic rings. The van der Waals surface area contributed by atoms with Gasteiger partial charge in [0.05, 0.1) is 0 Å². The predicted octanol–water partition coefficient (Wildman–Crippen LogP) is 2.56. The summed E-state index contributed by atoms with van der Waals surface area (Å²) in [7, 11) is 0. The van der Waals surface area contributed by atoms with Crippen molar-refractivity contribution in [1.29, 1.82) is 0 Å². The molecule has 0 radical (unpaired) electrons. The van der Waals surface area contributed by atoms with E-state index in [9.17, 15) is 4.79 Å². The summed E-state index contributed by atoms with van der Waals surface area (Å²) < 4.78 is 0. The maximum atomic E-state index is 10.5. The largest absolute Gasteiger partial charge is 0.480 e. The summed E-state index contributed by atoms with van der Waals surface area (Å²) >= 11 is 0. The molecule has 4 nitrogen and oxygen atoms in total. The van der Waals surface area contributed by atoms with Crippen LogP contribution in [0.15, 0.2) is 0 Å². The SMILES string of the molecule is CCCCCCCCCC(NO)C(=O)O. The second kappa shape index (κ2) is 9.93. The van der Waals surface area contributed by atoms with Crippen LogP contribution >= 0.6 is 0 Å². The van der Waals surface area contributed by atoms with E-state index in [0.29, 0.717) is 6.42 Å². The molecule has 0 aromatic carbocycles. The minimum Gasteiger partial charge on any atom is -0.480 e. The van der Waals surface area contributed by atoms with Crippen molar-refractivity contribution in [2.45, 2.75) is 64.3 Å². The fourth-order valence-electron chi connectivity index (χ4n) is 1.55. The highest BCUT2D eigenvalue weighted by molar-refractivity contribution is 5.73. The number of carboxylic acids is 1. The number of hydroxylamine groups is 1. The summed E-state index contributed by atoms with van der Waals surface area (Å²) in [6, 6.07) is -0.805. The highest BCUT2D eigenvalue weighted by atomic mass is 16.5. The second-order valence-corrected chi connectivity index (χ2v) is 3.93. The van der Waals surface area contributed by atoms with Crippen LogP contribution < -0.4 is 5.48 Å². The molecule has 1 atom stereocenters. The Morgan fingerprint density at radius 1 is 1.13 bits per heavy atom. The molecule has 0 saturated carbocycles. The Hall–Kier alpha value is -0.610. The van der Waals surface area contributed by atoms with Gasteiger partial charge in [-0.3, -0.25) is 4.79 Å². The van der Waals surface area contributed by atoms with E-state index in [0.717, 1.165) is 19.3 Å². The molecule has 0 heterocycles. The highest BCUT2D eigenvalue weighted by Gasteiger charge is 2.14. The molecular formula is C11H23NO3. The summed E-state index contributed by atoms with van der Waals surface area (Å²) in [5.74, 6) is -0.983. The van der Waals surface area contributed by atoms with Crippen molar-refractivity contribution in [3.05, 3.63) is 0 Å². The third-order valence-corrected chi connectivity index (χ3v) is 2.55. The van der Waals surface area contributed by atoms with E-state index in [-0.39, 0.29) is 0 Å². The molecule has 0 aromatic heterocycles. The van der Waals surface area contributed by atoms with Crippen LogP contribution in [0, 0.1) is 0 Å². The molecule has 3 N–H and O–H groups in total. The maximum Gasteiger partial charge on any atom is 0.323 e. The van der Waals surface area contributed by atoms with Crippen LogP contribution in [0.25, 0.3) is 0 Å². The Kier molecular flexibility index (Phi) is 9.52. The molecular weight excluding hydrogens is 194 g/mol. The van der Waals surface area contributed by atoms with Gasteiger partial charge < -0.3 is 10.3 Å². The van der Waals surface area contributed by atoms with Crippen molar-refractivity contribution in [1.82, 2.24) is 5.48 Å². The molecule has 0 amide bonds. The molecule has 0 saturated heterocycles. The van der Waals surface area contributed by atoms with Crippen LogP contribution in [0.3, 0.4) is 0 Å². The summed E-state index contributed by atoms with van der Waals surface area (Å²) in [6.07, 6.45) is 8.61. The zero-order chi connectivity index (χ0) is 11.5. The average molecular weight is 217 g/mol. The Balaban J connectivity index is 3.25. The van der Waals surface area contributed by atoms with Crippen LogP contribution in [-0.4, -0.2) is 22.3 Å². The summed E-state index contributed by atoms with van der Waals surface area (Å²) in [5, 5.41) is 17.2. The third-order valence-electron chi connectivity index (χ3n) is 2.55. The van der Waals surface area contributed by atoms with Crippen molar-refractivity contribution in [3.63, 3.8) is 0 Å². The fraction of sp³-hybridized carbons (Fsp3) is 0.909. The molecule has 4 heteroatoms. The molecule has 0 aromatic rings. The van der Waals surface area contributed by atoms with Gasteiger partial charge in [-0.15, -0.1) is 0 Å². The molecule has 0 spiro atoms. The monoisotopic (exact) mass is 217 g/mol. The number of carboxylic acid groups (broad SMARTS) is 1. The Bertz CT molecular complexity index is 162. The van der Waals surface area contributed by atoms with Gasteiger partial charge in [0, 0.05) is 0 Å². The van der Waals surface area contributed by atoms with E-state index < -0.39 is 12.0 Å². The zero-order valence-corrected chi connectivity index (χ0v) is 9.54. The lowest BCUT2D eigenvalue weighted by molar-refractivity contribution is -0.142. The Labute approximate surface area is 91.6 Å². The van der Waals surface area contributed by atoms with Gasteiger partial charge in [-0.05, 0) is 6.42 Å². The van der Waals surface area contributed by atoms with Crippen LogP contribution in [0.1, 0.15) is 58.3 Å². The maximum absolute atomic E-state index is 10.5. The number of hydrogen-bond acceptors (Lipinski definition) is 3. The fourth-order valence-corrected chi connectivity index (χ4v) is 1.55. The highest BCUT2D eigenvalue weighted by Crippen LogP contribution is 2.09. The number of unbranched alkanes of at least 4 members (excludes halogenated alkanes) is 6. The van der Waals surface area contributed by atoms with E-state index in [4.69, 9.17) is 10.3 Å². The second-order valence-electron chi connectivity index (χ2n) is 3.93. The van der Waals surface area contributed by atoms with Crippen LogP contribution in [-0.2, 0) is 4.79 Å². The van der Waals surface area contributed by atoms with E-state index in [1.807, 2.05) is 5.48 Å². The van der Waals surface area contributed by atoms with Crippen molar-refractivity contribution in [2.24, 2.45) is 0 Å². The van der Waals surface area contributed by atoms with E-state index in [2.05, 4.69) is 6.92 Å². The van der Waals surface area contributed by atoms with Gasteiger partial charge in [-0.2, -0.15) is 5.48 Å². The first-order chi connectivity index (χ1) is 7.22. The number of nitrogens with one attached hydrogen (secondary N) is 1. The summed E-state index contributed by atoms with van der Waals surface area (Å²) in [4.78, 5) is 10.5. The number of aliphatic carboxylic acids is 1. The lowest BCUT2D eigenvalue weighted by Crippen LogP contribution is -2.34. The van der Waals surface area contributed by atoms with Crippen LogP contribution in [0.2, 0.25) is 0 Å². The predicted molar refractivity (Wildman–Crippen MR) is 59.0 cm³/mol. The minimum atomic E-state index is -0.983. The molecule has 15 heavy (non-hydrogen) atoms. The van der Waals surface area contributed by atoms with Gasteiger partial charge in [-0.25, -0.2) is 0 Å². The van der Waals surface area contributed by atoms with Gasteiger partial charge in [-0.1, -0.05) is 51.9 Å². The third kappa shape index (κ3) is 8.39. The number of rotatable bonds is 10. The molecule has 90 valence electrons. The first-order valence-electron chi connectivity index (χ1n) is 5.84. The van der Waals surface area contributed by atoms with Crippen molar-refractivity contribution < 1.29 is 15.1 Å². The van der Waals surface area contributed by atoms with Gasteiger partial charge in [0.1, 0.15) is 6.04 Å². The van der Waals surface area contributed by atoms with Gasteiger partial charge in [0.2, 0.25) is 0 Å². The van der Waals surface area contributed by atoms with Gasteiger partial charge in [0.15, 0.2) is 0 Å². The molecule has 0 fully saturated rings. The average Bonchev–Trinajstić information content (AvgIpc) is 2.21. The van der Waals surface area contributed by atoms with Crippen molar-refractivity contribution in [3.8, 4) is 0 Å². The van der Waals surface area contributed by atoms with Crippen LogP contribution in [0.4, 0.5) is 0 Å². The van der Waals surface area contributed by atoms with Crippen LogP contribution in [0.5, 0.6) is 0 Å². The van der Waals surface area contributed by atoms with Crippen molar-refractivity contribution in [2.75, 3.05) is 0 Å². The zero-order valence-electron chi connectivity index (χ0n) is 9.54. The van der Waals surface area contributed by atoms with Gasteiger partial charge in [0.25, 0.3) is 0 Å². The smallest absolute Gasteiger partial charge is 0.323 e. The standard InChI is InChI=1S/C11H23NO3/c1-2-3-4-5-6-7-8-9-10(12-15)11(13)14/h10,12,15H,2-9H2,1H3,(H,13,14). The minimum absolute atomic E-state index is 0.500. The number of carbonyl (C=O) groups is 1. The van der Waals surface area contributed by atoms with E-state index >= 15 is 0 Å². The van der Waals surface area contributed by atoms with E-state index in [1.54, 1.807) is 0 Å². The summed E-state index contributed by atoms with van der Waals surface area (Å²) in [5.41, 5.74) is 1.81. The topological polar surface area (TPSA) is 69.6 Å². The normalized spacial score (nSPS) is 12.7.